The number of hydrogen-bond donors (Lipinski definition) is 1. The van der Waals surface area contributed by atoms with Gasteiger partial charge < -0.3 is 5.73 Å². The molecular formula is C7H7IN4. The van der Waals surface area contributed by atoms with E-state index in [9.17, 15) is 0 Å². The van der Waals surface area contributed by atoms with Gasteiger partial charge in [0.2, 0.25) is 5.95 Å². The fourth-order valence-corrected chi connectivity index (χ4v) is 1.54. The Morgan fingerprint density at radius 1 is 1.58 bits per heavy atom. The number of halogens is 1. The number of aryl methyl sites for hydroxylation is 1. The third-order valence-corrected chi connectivity index (χ3v) is 2.26. The SMILES string of the molecule is Cc1nc(N)n2ncc(I)cc12. The van der Waals surface area contributed by atoms with E-state index in [1.165, 1.54) is 0 Å². The molecule has 0 spiro atoms. The lowest BCUT2D eigenvalue weighted by Gasteiger charge is -1.94. The normalized spacial score (nSPS) is 10.8. The third kappa shape index (κ3) is 1.04. The summed E-state index contributed by atoms with van der Waals surface area (Å²) in [7, 11) is 0. The van der Waals surface area contributed by atoms with Gasteiger partial charge in [0.15, 0.2) is 0 Å². The van der Waals surface area contributed by atoms with Crippen molar-refractivity contribution < 1.29 is 0 Å². The summed E-state index contributed by atoms with van der Waals surface area (Å²) < 4.78 is 2.72. The standard InChI is InChI=1S/C7H7IN4/c1-4-6-2-5(8)3-10-12(6)7(9)11-4/h2-3H,1H3,(H2,9,11). The summed E-state index contributed by atoms with van der Waals surface area (Å²) in [6.07, 6.45) is 1.76. The van der Waals surface area contributed by atoms with E-state index in [2.05, 4.69) is 32.7 Å². The number of nitrogen functional groups attached to an aromatic ring is 1. The molecule has 0 saturated heterocycles. The van der Waals surface area contributed by atoms with Crippen molar-refractivity contribution in [3.05, 3.63) is 21.5 Å². The number of fused-ring (bicyclic) bond motifs is 1. The molecule has 2 rings (SSSR count). The zero-order chi connectivity index (χ0) is 8.72. The summed E-state index contributed by atoms with van der Waals surface area (Å²) in [6.45, 7) is 1.92. The van der Waals surface area contributed by atoms with Gasteiger partial charge in [-0.15, -0.1) is 0 Å². The molecule has 0 fully saturated rings. The first-order valence-electron chi connectivity index (χ1n) is 3.45. The topological polar surface area (TPSA) is 56.2 Å². The van der Waals surface area contributed by atoms with E-state index in [0.717, 1.165) is 14.8 Å². The fourth-order valence-electron chi connectivity index (χ4n) is 1.12. The predicted molar refractivity (Wildman–Crippen MR) is 54.9 cm³/mol. The Morgan fingerprint density at radius 3 is 3.08 bits per heavy atom. The van der Waals surface area contributed by atoms with E-state index in [-0.39, 0.29) is 0 Å². The molecule has 0 aliphatic heterocycles. The second kappa shape index (κ2) is 2.58. The Hall–Kier alpha value is -0.850. The van der Waals surface area contributed by atoms with Crippen LogP contribution in [0.15, 0.2) is 12.3 Å². The van der Waals surface area contributed by atoms with Gasteiger partial charge in [-0.1, -0.05) is 0 Å². The van der Waals surface area contributed by atoms with Crippen LogP contribution in [-0.4, -0.2) is 14.6 Å². The molecule has 12 heavy (non-hydrogen) atoms. The van der Waals surface area contributed by atoms with Crippen molar-refractivity contribution in [3.63, 3.8) is 0 Å². The number of aromatic nitrogens is 3. The highest BCUT2D eigenvalue weighted by atomic mass is 127. The first kappa shape index (κ1) is 7.78. The molecule has 62 valence electrons. The maximum atomic E-state index is 5.61. The van der Waals surface area contributed by atoms with Gasteiger partial charge in [-0.3, -0.25) is 0 Å². The highest BCUT2D eigenvalue weighted by molar-refractivity contribution is 14.1. The maximum absolute atomic E-state index is 5.61. The molecule has 0 atom stereocenters. The Kier molecular flexibility index (Phi) is 1.67. The lowest BCUT2D eigenvalue weighted by molar-refractivity contribution is 0.935. The van der Waals surface area contributed by atoms with Crippen molar-refractivity contribution in [1.29, 1.82) is 0 Å². The van der Waals surface area contributed by atoms with E-state index in [1.54, 1.807) is 10.7 Å². The Labute approximate surface area is 82.9 Å². The molecule has 2 aromatic rings. The quantitative estimate of drug-likeness (QED) is 0.735. The van der Waals surface area contributed by atoms with Crippen molar-refractivity contribution in [1.82, 2.24) is 14.6 Å². The molecule has 0 aliphatic rings. The van der Waals surface area contributed by atoms with Crippen molar-refractivity contribution >= 4 is 34.1 Å². The monoisotopic (exact) mass is 274 g/mol. The molecule has 2 heterocycles. The number of nitrogens with zero attached hydrogens (tertiary/aromatic N) is 3. The van der Waals surface area contributed by atoms with Crippen molar-refractivity contribution in [2.75, 3.05) is 5.73 Å². The van der Waals surface area contributed by atoms with Gasteiger partial charge in [-0.25, -0.2) is 4.98 Å². The summed E-state index contributed by atoms with van der Waals surface area (Å²) in [5, 5.41) is 4.12. The van der Waals surface area contributed by atoms with Crippen LogP contribution >= 0.6 is 22.6 Å². The van der Waals surface area contributed by atoms with Crippen LogP contribution in [0.3, 0.4) is 0 Å². The van der Waals surface area contributed by atoms with Gasteiger partial charge in [-0.05, 0) is 35.6 Å². The molecule has 0 amide bonds. The summed E-state index contributed by atoms with van der Waals surface area (Å²) in [6, 6.07) is 2.01. The molecule has 5 heteroatoms. The molecular weight excluding hydrogens is 267 g/mol. The van der Waals surface area contributed by atoms with Crippen LogP contribution in [0, 0.1) is 10.5 Å². The molecule has 2 N–H and O–H groups in total. The van der Waals surface area contributed by atoms with Gasteiger partial charge >= 0.3 is 0 Å². The molecule has 0 saturated carbocycles. The zero-order valence-electron chi connectivity index (χ0n) is 6.45. The van der Waals surface area contributed by atoms with Gasteiger partial charge in [0.1, 0.15) is 0 Å². The molecule has 0 unspecified atom stereocenters. The number of imidazole rings is 1. The molecule has 0 aromatic carbocycles. The summed E-state index contributed by atoms with van der Waals surface area (Å²) in [5.74, 6) is 0.443. The van der Waals surface area contributed by atoms with Crippen LogP contribution in [0.1, 0.15) is 5.69 Å². The minimum atomic E-state index is 0.443. The van der Waals surface area contributed by atoms with E-state index >= 15 is 0 Å². The zero-order valence-corrected chi connectivity index (χ0v) is 8.61. The van der Waals surface area contributed by atoms with Crippen molar-refractivity contribution in [3.8, 4) is 0 Å². The Balaban J connectivity index is 2.90. The van der Waals surface area contributed by atoms with Gasteiger partial charge in [-0.2, -0.15) is 9.61 Å². The first-order valence-corrected chi connectivity index (χ1v) is 4.53. The number of rotatable bonds is 0. The van der Waals surface area contributed by atoms with Crippen LogP contribution < -0.4 is 5.73 Å². The molecule has 2 aromatic heterocycles. The van der Waals surface area contributed by atoms with Crippen molar-refractivity contribution in [2.24, 2.45) is 0 Å². The largest absolute Gasteiger partial charge is 0.368 e. The van der Waals surface area contributed by atoms with Crippen LogP contribution in [0.4, 0.5) is 5.95 Å². The Morgan fingerprint density at radius 2 is 2.33 bits per heavy atom. The van der Waals surface area contributed by atoms with E-state index in [1.807, 2.05) is 13.0 Å². The Bertz CT molecular complexity index is 434. The summed E-state index contributed by atoms with van der Waals surface area (Å²) in [4.78, 5) is 4.11. The molecule has 0 aliphatic carbocycles. The van der Waals surface area contributed by atoms with E-state index in [0.29, 0.717) is 5.95 Å². The average Bonchev–Trinajstić information content (AvgIpc) is 2.28. The highest BCUT2D eigenvalue weighted by Gasteiger charge is 2.04. The first-order chi connectivity index (χ1) is 5.68. The minimum Gasteiger partial charge on any atom is -0.368 e. The van der Waals surface area contributed by atoms with Gasteiger partial charge in [0, 0.05) is 3.57 Å². The fraction of sp³-hybridized carbons (Fsp3) is 0.143. The molecule has 4 nitrogen and oxygen atoms in total. The third-order valence-electron chi connectivity index (χ3n) is 1.67. The molecule has 0 bridgehead atoms. The van der Waals surface area contributed by atoms with Gasteiger partial charge in [0.05, 0.1) is 17.4 Å². The lowest BCUT2D eigenvalue weighted by Crippen LogP contribution is -1.97. The minimum absolute atomic E-state index is 0.443. The maximum Gasteiger partial charge on any atom is 0.222 e. The highest BCUT2D eigenvalue weighted by Crippen LogP contribution is 2.14. The number of nitrogens with two attached hydrogens (primary N) is 1. The van der Waals surface area contributed by atoms with Crippen LogP contribution in [0.5, 0.6) is 0 Å². The molecule has 0 radical (unpaired) electrons. The number of hydrogen-bond acceptors (Lipinski definition) is 3. The van der Waals surface area contributed by atoms with Crippen molar-refractivity contribution in [2.45, 2.75) is 6.92 Å². The van der Waals surface area contributed by atoms with Gasteiger partial charge in [0.25, 0.3) is 0 Å². The lowest BCUT2D eigenvalue weighted by atomic mass is 10.4. The second-order valence-corrected chi connectivity index (χ2v) is 3.77. The predicted octanol–water partition coefficient (Wildman–Crippen LogP) is 1.22. The summed E-state index contributed by atoms with van der Waals surface area (Å²) >= 11 is 2.21. The summed E-state index contributed by atoms with van der Waals surface area (Å²) in [5.41, 5.74) is 7.50. The average molecular weight is 274 g/mol. The second-order valence-electron chi connectivity index (χ2n) is 2.53. The van der Waals surface area contributed by atoms with E-state index < -0.39 is 0 Å². The van der Waals surface area contributed by atoms with E-state index in [4.69, 9.17) is 5.73 Å². The number of anilines is 1. The van der Waals surface area contributed by atoms with Crippen LogP contribution in [-0.2, 0) is 0 Å². The van der Waals surface area contributed by atoms with Crippen LogP contribution in [0.2, 0.25) is 0 Å². The smallest absolute Gasteiger partial charge is 0.222 e. The van der Waals surface area contributed by atoms with Crippen LogP contribution in [0.25, 0.3) is 5.52 Å².